The third-order valence-corrected chi connectivity index (χ3v) is 1.72. The minimum atomic E-state index is -1.75. The van der Waals surface area contributed by atoms with E-state index in [4.69, 9.17) is 5.11 Å². The average Bonchev–Trinajstić information content (AvgIpc) is 2.33. The first-order chi connectivity index (χ1) is 8.56. The van der Waals surface area contributed by atoms with Gasteiger partial charge in [0, 0.05) is 0 Å². The van der Waals surface area contributed by atoms with E-state index in [-0.39, 0.29) is 42.4 Å². The van der Waals surface area contributed by atoms with E-state index >= 15 is 0 Å². The molecule has 0 unspecified atom stereocenters. The summed E-state index contributed by atoms with van der Waals surface area (Å²) in [6, 6.07) is 0. The molecule has 0 aliphatic rings. The SMILES string of the molecule is CCCCCOOC(=O)CCC(=O)OOC(=O)O.[NaH]. The van der Waals surface area contributed by atoms with Gasteiger partial charge in [-0.05, 0) is 6.42 Å². The Labute approximate surface area is 132 Å². The van der Waals surface area contributed by atoms with Gasteiger partial charge in [-0.25, -0.2) is 24.2 Å². The Balaban J connectivity index is 0. The Morgan fingerprint density at radius 2 is 1.53 bits per heavy atom. The second kappa shape index (κ2) is 13.6. The van der Waals surface area contributed by atoms with Crippen LogP contribution in [0.5, 0.6) is 0 Å². The maximum absolute atomic E-state index is 11.0. The Morgan fingerprint density at radius 3 is 2.05 bits per heavy atom. The molecule has 0 aliphatic heterocycles. The number of carbonyl (C=O) groups excluding carboxylic acids is 2. The van der Waals surface area contributed by atoms with Crippen LogP contribution in [0.4, 0.5) is 4.79 Å². The summed E-state index contributed by atoms with van der Waals surface area (Å²) >= 11 is 0. The normalized spacial score (nSPS) is 9.11. The van der Waals surface area contributed by atoms with Gasteiger partial charge in [-0.1, -0.05) is 19.8 Å². The quantitative estimate of drug-likeness (QED) is 0.304. The van der Waals surface area contributed by atoms with Gasteiger partial charge in [0.25, 0.3) is 0 Å². The number of unbranched alkanes of at least 4 members (excludes halogenated alkanes) is 2. The Hall–Kier alpha value is -0.830. The summed E-state index contributed by atoms with van der Waals surface area (Å²) in [6.45, 7) is 2.32. The monoisotopic (exact) mass is 288 g/mol. The van der Waals surface area contributed by atoms with Crippen LogP contribution < -0.4 is 0 Å². The molecule has 19 heavy (non-hydrogen) atoms. The van der Waals surface area contributed by atoms with E-state index in [1.54, 1.807) is 0 Å². The molecule has 0 spiro atoms. The fraction of sp³-hybridized carbons (Fsp3) is 0.700. The molecule has 0 aromatic rings. The summed E-state index contributed by atoms with van der Waals surface area (Å²) in [5.74, 6) is -1.72. The summed E-state index contributed by atoms with van der Waals surface area (Å²) in [7, 11) is 0. The molecule has 0 saturated carbocycles. The van der Waals surface area contributed by atoms with Gasteiger partial charge < -0.3 is 5.11 Å². The van der Waals surface area contributed by atoms with Gasteiger partial charge in [0.15, 0.2) is 0 Å². The summed E-state index contributed by atoms with van der Waals surface area (Å²) < 4.78 is 0. The van der Waals surface area contributed by atoms with Crippen LogP contribution in [0.15, 0.2) is 0 Å². The molecule has 0 aliphatic carbocycles. The topological polar surface area (TPSA) is 108 Å². The van der Waals surface area contributed by atoms with E-state index in [9.17, 15) is 14.4 Å². The zero-order valence-electron chi connectivity index (χ0n) is 10.0. The van der Waals surface area contributed by atoms with Crippen LogP contribution in [0.1, 0.15) is 39.0 Å². The van der Waals surface area contributed by atoms with E-state index in [2.05, 4.69) is 19.6 Å². The van der Waals surface area contributed by atoms with E-state index in [0.717, 1.165) is 19.3 Å². The molecule has 0 aromatic heterocycles. The fourth-order valence-electron chi connectivity index (χ4n) is 0.888. The average molecular weight is 288 g/mol. The molecule has 1 N–H and O–H groups in total. The van der Waals surface area contributed by atoms with Gasteiger partial charge in [-0.2, -0.15) is 4.89 Å². The molecule has 0 heterocycles. The minimum absolute atomic E-state index is 0. The first kappa shape index (κ1) is 20.5. The molecule has 8 nitrogen and oxygen atoms in total. The van der Waals surface area contributed by atoms with Gasteiger partial charge in [-0.3, -0.25) is 4.89 Å². The van der Waals surface area contributed by atoms with E-state index < -0.39 is 18.1 Å². The van der Waals surface area contributed by atoms with Crippen LogP contribution in [-0.4, -0.2) is 59.4 Å². The van der Waals surface area contributed by atoms with Gasteiger partial charge in [0.05, 0.1) is 19.4 Å². The number of hydrogen-bond donors (Lipinski definition) is 1. The Kier molecular flexibility index (Phi) is 14.7. The van der Waals surface area contributed by atoms with Crippen molar-refractivity contribution in [1.29, 1.82) is 0 Å². The Morgan fingerprint density at radius 1 is 0.947 bits per heavy atom. The first-order valence-corrected chi connectivity index (χ1v) is 5.48. The van der Waals surface area contributed by atoms with Crippen LogP contribution in [0, 0.1) is 0 Å². The molecule has 0 saturated heterocycles. The van der Waals surface area contributed by atoms with Crippen LogP contribution in [0.25, 0.3) is 0 Å². The van der Waals surface area contributed by atoms with Gasteiger partial charge in [0.2, 0.25) is 0 Å². The molecule has 0 atom stereocenters. The molecule has 9 heteroatoms. The van der Waals surface area contributed by atoms with Crippen molar-refractivity contribution in [2.24, 2.45) is 0 Å². The number of carboxylic acid groups (broad SMARTS) is 1. The van der Waals surface area contributed by atoms with Crippen LogP contribution >= 0.6 is 0 Å². The standard InChI is InChI=1S/C10H16O8.Na.H/c1-2-3-4-7-15-16-8(11)5-6-9(12)17-18-10(13)14;;/h2-7H2,1H3,(H,13,14);;. The molecule has 0 fully saturated rings. The van der Waals surface area contributed by atoms with Crippen LogP contribution in [-0.2, 0) is 29.1 Å². The number of carbonyl (C=O) groups is 3. The molecule has 0 rings (SSSR count). The summed E-state index contributed by atoms with van der Waals surface area (Å²) in [5.41, 5.74) is 0. The van der Waals surface area contributed by atoms with Gasteiger partial charge >= 0.3 is 47.7 Å². The molecule has 0 amide bonds. The molecular weight excluding hydrogens is 271 g/mol. The van der Waals surface area contributed by atoms with Crippen molar-refractivity contribution in [3.05, 3.63) is 0 Å². The van der Waals surface area contributed by atoms with Crippen molar-refractivity contribution in [3.8, 4) is 0 Å². The van der Waals surface area contributed by atoms with Gasteiger partial charge in [-0.15, -0.1) is 0 Å². The van der Waals surface area contributed by atoms with Crippen molar-refractivity contribution in [3.63, 3.8) is 0 Å². The van der Waals surface area contributed by atoms with E-state index in [1.165, 1.54) is 0 Å². The van der Waals surface area contributed by atoms with Crippen LogP contribution in [0.2, 0.25) is 0 Å². The summed E-state index contributed by atoms with van der Waals surface area (Å²) in [5, 5.41) is 8.02. The van der Waals surface area contributed by atoms with E-state index in [1.807, 2.05) is 6.92 Å². The summed E-state index contributed by atoms with van der Waals surface area (Å²) in [4.78, 5) is 48.0. The third kappa shape index (κ3) is 15.1. The van der Waals surface area contributed by atoms with Crippen molar-refractivity contribution in [1.82, 2.24) is 0 Å². The van der Waals surface area contributed by atoms with Crippen molar-refractivity contribution >= 4 is 47.7 Å². The summed E-state index contributed by atoms with van der Waals surface area (Å²) in [6.07, 6.45) is 0.381. The predicted octanol–water partition coefficient (Wildman–Crippen LogP) is 0.936. The number of rotatable bonds is 8. The van der Waals surface area contributed by atoms with E-state index in [0.29, 0.717) is 6.61 Å². The second-order valence-corrected chi connectivity index (χ2v) is 3.29. The van der Waals surface area contributed by atoms with Crippen molar-refractivity contribution < 1.29 is 39.0 Å². The molecule has 0 radical (unpaired) electrons. The van der Waals surface area contributed by atoms with Gasteiger partial charge in [0.1, 0.15) is 0 Å². The molecular formula is C10H17NaO8. The van der Waals surface area contributed by atoms with Crippen molar-refractivity contribution in [2.45, 2.75) is 39.0 Å². The predicted molar refractivity (Wildman–Crippen MR) is 63.2 cm³/mol. The fourth-order valence-corrected chi connectivity index (χ4v) is 0.888. The molecule has 106 valence electrons. The zero-order valence-corrected chi connectivity index (χ0v) is 10.0. The maximum atomic E-state index is 11.0. The zero-order chi connectivity index (χ0) is 13.8. The Bertz CT molecular complexity index is 281. The second-order valence-electron chi connectivity index (χ2n) is 3.29. The third-order valence-electron chi connectivity index (χ3n) is 1.72. The van der Waals surface area contributed by atoms with Crippen LogP contribution in [0.3, 0.4) is 0 Å². The first-order valence-electron chi connectivity index (χ1n) is 5.48. The number of hydrogen-bond acceptors (Lipinski definition) is 7. The molecule has 0 aromatic carbocycles. The molecule has 0 bridgehead atoms. The van der Waals surface area contributed by atoms with Crippen molar-refractivity contribution in [2.75, 3.05) is 6.61 Å².